The molecule has 118 valence electrons. The summed E-state index contributed by atoms with van der Waals surface area (Å²) in [5.74, 6) is -1.18. The fourth-order valence-electron chi connectivity index (χ4n) is 1.81. The molecule has 3 rings (SSSR count). The molecule has 0 bridgehead atoms. The predicted octanol–water partition coefficient (Wildman–Crippen LogP) is 2.21. The third kappa shape index (κ3) is 3.63. The van der Waals surface area contributed by atoms with Gasteiger partial charge in [-0.05, 0) is 23.6 Å². The van der Waals surface area contributed by atoms with E-state index in [0.717, 1.165) is 4.88 Å². The number of nitrogens with one attached hydrogen (secondary N) is 1. The number of benzene rings is 1. The topological polar surface area (TPSA) is 102 Å². The highest BCUT2D eigenvalue weighted by Gasteiger charge is 2.20. The summed E-state index contributed by atoms with van der Waals surface area (Å²) in [6, 6.07) is 11.2. The Balaban J connectivity index is 1.68. The van der Waals surface area contributed by atoms with Crippen molar-refractivity contribution < 1.29 is 17.6 Å². The van der Waals surface area contributed by atoms with Gasteiger partial charge in [0.2, 0.25) is 5.91 Å². The summed E-state index contributed by atoms with van der Waals surface area (Å²) in [4.78, 5) is 12.7. The lowest BCUT2D eigenvalue weighted by molar-refractivity contribution is -0.114. The van der Waals surface area contributed by atoms with Crippen LogP contribution in [0.15, 0.2) is 57.2 Å². The minimum Gasteiger partial charge on any atom is -0.402 e. The normalized spacial score (nSPS) is 11.3. The van der Waals surface area contributed by atoms with Crippen molar-refractivity contribution in [3.05, 3.63) is 47.8 Å². The molecule has 0 saturated heterocycles. The van der Waals surface area contributed by atoms with Crippen molar-refractivity contribution in [1.82, 2.24) is 10.2 Å². The fraction of sp³-hybridized carbons (Fsp3) is 0.0714. The van der Waals surface area contributed by atoms with Gasteiger partial charge < -0.3 is 4.42 Å². The fourth-order valence-corrected chi connectivity index (χ4v) is 3.61. The average molecular weight is 349 g/mol. The van der Waals surface area contributed by atoms with Gasteiger partial charge in [0.25, 0.3) is 5.89 Å². The van der Waals surface area contributed by atoms with Gasteiger partial charge in [0.15, 0.2) is 9.84 Å². The maximum Gasteiger partial charge on any atom is 0.322 e. The Morgan fingerprint density at radius 3 is 2.61 bits per heavy atom. The van der Waals surface area contributed by atoms with Gasteiger partial charge in [0.1, 0.15) is 5.75 Å². The summed E-state index contributed by atoms with van der Waals surface area (Å²) in [5, 5.41) is 11.6. The molecule has 1 aromatic carbocycles. The van der Waals surface area contributed by atoms with E-state index in [1.165, 1.54) is 23.5 Å². The van der Waals surface area contributed by atoms with Crippen LogP contribution in [0.5, 0.6) is 0 Å². The van der Waals surface area contributed by atoms with Crippen LogP contribution in [-0.4, -0.2) is 30.3 Å². The first-order valence-electron chi connectivity index (χ1n) is 6.50. The molecule has 1 N–H and O–H groups in total. The van der Waals surface area contributed by atoms with Crippen molar-refractivity contribution in [2.45, 2.75) is 4.90 Å². The number of carbonyl (C=O) groups is 1. The molecule has 0 unspecified atom stereocenters. The van der Waals surface area contributed by atoms with Crippen molar-refractivity contribution in [2.24, 2.45) is 0 Å². The maximum absolute atomic E-state index is 12.1. The number of hydrogen-bond donors (Lipinski definition) is 1. The lowest BCUT2D eigenvalue weighted by Gasteiger charge is -2.03. The molecule has 7 nitrogen and oxygen atoms in total. The van der Waals surface area contributed by atoms with Gasteiger partial charge >= 0.3 is 6.01 Å². The van der Waals surface area contributed by atoms with E-state index < -0.39 is 21.5 Å². The maximum atomic E-state index is 12.1. The van der Waals surface area contributed by atoms with Crippen LogP contribution in [0.25, 0.3) is 10.8 Å². The Hall–Kier alpha value is -2.52. The van der Waals surface area contributed by atoms with Gasteiger partial charge in [-0.2, -0.15) is 0 Å². The van der Waals surface area contributed by atoms with E-state index in [-0.39, 0.29) is 16.8 Å². The molecule has 2 aromatic heterocycles. The van der Waals surface area contributed by atoms with Crippen molar-refractivity contribution in [3.8, 4) is 10.8 Å². The zero-order valence-electron chi connectivity index (χ0n) is 11.7. The average Bonchev–Trinajstić information content (AvgIpc) is 3.18. The first kappa shape index (κ1) is 15.4. The lowest BCUT2D eigenvalue weighted by Crippen LogP contribution is -2.23. The summed E-state index contributed by atoms with van der Waals surface area (Å²) in [6.07, 6.45) is 0. The van der Waals surface area contributed by atoms with Gasteiger partial charge in [-0.3, -0.25) is 10.1 Å². The number of nitrogens with zero attached hydrogens (tertiary/aromatic N) is 2. The SMILES string of the molecule is O=C(CS(=O)(=O)c1ccccc1)Nc1nnc(-c2cccs2)o1. The molecule has 0 radical (unpaired) electrons. The monoisotopic (exact) mass is 349 g/mol. The Kier molecular flexibility index (Phi) is 4.22. The molecule has 9 heteroatoms. The van der Waals surface area contributed by atoms with Crippen LogP contribution in [0.2, 0.25) is 0 Å². The van der Waals surface area contributed by atoms with E-state index in [2.05, 4.69) is 15.5 Å². The van der Waals surface area contributed by atoms with Gasteiger partial charge in [0.05, 0.1) is 9.77 Å². The Morgan fingerprint density at radius 2 is 1.91 bits per heavy atom. The molecular formula is C14H11N3O4S2. The molecule has 0 atom stereocenters. The van der Waals surface area contributed by atoms with Crippen LogP contribution in [0.1, 0.15) is 0 Å². The zero-order valence-corrected chi connectivity index (χ0v) is 13.3. The number of hydrogen-bond acceptors (Lipinski definition) is 7. The predicted molar refractivity (Wildman–Crippen MR) is 84.7 cm³/mol. The number of aromatic nitrogens is 2. The van der Waals surface area contributed by atoms with E-state index in [9.17, 15) is 13.2 Å². The Labute approximate surface area is 135 Å². The second kappa shape index (κ2) is 6.31. The summed E-state index contributed by atoms with van der Waals surface area (Å²) in [6.45, 7) is 0. The zero-order chi connectivity index (χ0) is 16.3. The lowest BCUT2D eigenvalue weighted by atomic mass is 10.4. The van der Waals surface area contributed by atoms with Crippen LogP contribution in [0.3, 0.4) is 0 Å². The Morgan fingerprint density at radius 1 is 1.13 bits per heavy atom. The summed E-state index contributed by atoms with van der Waals surface area (Å²) >= 11 is 1.41. The van der Waals surface area contributed by atoms with Crippen LogP contribution in [-0.2, 0) is 14.6 Å². The molecule has 2 heterocycles. The quantitative estimate of drug-likeness (QED) is 0.758. The van der Waals surface area contributed by atoms with Crippen LogP contribution >= 0.6 is 11.3 Å². The first-order valence-corrected chi connectivity index (χ1v) is 9.03. The summed E-state index contributed by atoms with van der Waals surface area (Å²) in [7, 11) is -3.72. The van der Waals surface area contributed by atoms with Crippen molar-refractivity contribution >= 4 is 33.1 Å². The van der Waals surface area contributed by atoms with E-state index in [1.807, 2.05) is 11.4 Å². The van der Waals surface area contributed by atoms with Crippen LogP contribution in [0.4, 0.5) is 6.01 Å². The molecule has 0 aliphatic rings. The van der Waals surface area contributed by atoms with Crippen molar-refractivity contribution in [3.63, 3.8) is 0 Å². The minimum atomic E-state index is -3.72. The minimum absolute atomic E-state index is 0.0833. The van der Waals surface area contributed by atoms with E-state index in [0.29, 0.717) is 0 Å². The third-order valence-corrected chi connectivity index (χ3v) is 5.32. The number of rotatable bonds is 5. The van der Waals surface area contributed by atoms with Gasteiger partial charge in [0, 0.05) is 0 Å². The van der Waals surface area contributed by atoms with Crippen molar-refractivity contribution in [2.75, 3.05) is 11.1 Å². The van der Waals surface area contributed by atoms with Gasteiger partial charge in [-0.25, -0.2) is 8.42 Å². The molecular weight excluding hydrogens is 338 g/mol. The summed E-state index contributed by atoms with van der Waals surface area (Å²) < 4.78 is 29.5. The number of amides is 1. The highest BCUT2D eigenvalue weighted by Crippen LogP contribution is 2.24. The van der Waals surface area contributed by atoms with E-state index >= 15 is 0 Å². The largest absolute Gasteiger partial charge is 0.402 e. The molecule has 0 aliphatic heterocycles. The summed E-state index contributed by atoms with van der Waals surface area (Å²) in [5.41, 5.74) is 0. The first-order chi connectivity index (χ1) is 11.0. The van der Waals surface area contributed by atoms with Gasteiger partial charge in [-0.1, -0.05) is 29.4 Å². The Bertz CT molecular complexity index is 903. The highest BCUT2D eigenvalue weighted by molar-refractivity contribution is 7.92. The number of sulfone groups is 1. The molecule has 0 spiro atoms. The number of thiophene rings is 1. The molecule has 0 aliphatic carbocycles. The standard InChI is InChI=1S/C14H11N3O4S2/c18-12(9-23(19,20)10-5-2-1-3-6-10)15-14-17-16-13(21-14)11-7-4-8-22-11/h1-8H,9H2,(H,15,17,18). The molecule has 1 amide bonds. The smallest absolute Gasteiger partial charge is 0.322 e. The third-order valence-electron chi connectivity index (χ3n) is 2.83. The van der Waals surface area contributed by atoms with Crippen LogP contribution < -0.4 is 5.32 Å². The number of carbonyl (C=O) groups excluding carboxylic acids is 1. The van der Waals surface area contributed by atoms with Gasteiger partial charge in [-0.15, -0.1) is 16.4 Å². The van der Waals surface area contributed by atoms with Crippen molar-refractivity contribution in [1.29, 1.82) is 0 Å². The molecule has 23 heavy (non-hydrogen) atoms. The highest BCUT2D eigenvalue weighted by atomic mass is 32.2. The second-order valence-corrected chi connectivity index (χ2v) is 7.45. The second-order valence-electron chi connectivity index (χ2n) is 4.51. The van der Waals surface area contributed by atoms with E-state index in [1.54, 1.807) is 24.3 Å². The molecule has 3 aromatic rings. The molecule has 0 saturated carbocycles. The molecule has 0 fully saturated rings. The van der Waals surface area contributed by atoms with E-state index in [4.69, 9.17) is 4.42 Å². The van der Waals surface area contributed by atoms with Crippen LogP contribution in [0, 0.1) is 0 Å². The number of anilines is 1.